The number of hydrogen-bond donors (Lipinski definition) is 1. The first-order chi connectivity index (χ1) is 16.5. The highest BCUT2D eigenvalue weighted by atomic mass is 32.1. The first kappa shape index (κ1) is 24.1. The minimum absolute atomic E-state index is 0.109. The molecule has 0 aliphatic heterocycles. The Morgan fingerprint density at radius 3 is 2.35 bits per heavy atom. The Balaban J connectivity index is 1.68. The number of aryl methyl sites for hydroxylation is 1. The molecule has 0 bridgehead atoms. The third kappa shape index (κ3) is 6.32. The summed E-state index contributed by atoms with van der Waals surface area (Å²) < 4.78 is 13.7. The van der Waals surface area contributed by atoms with Gasteiger partial charge in [-0.2, -0.15) is 11.3 Å². The number of benzene rings is 2. The molecule has 0 unspecified atom stereocenters. The van der Waals surface area contributed by atoms with Crippen LogP contribution in [-0.4, -0.2) is 22.8 Å². The van der Waals surface area contributed by atoms with E-state index in [1.807, 2.05) is 48.0 Å². The lowest BCUT2D eigenvalue weighted by Gasteiger charge is -2.33. The average Bonchev–Trinajstić information content (AvgIpc) is 3.35. The molecule has 1 heterocycles. The Labute approximate surface area is 204 Å². The zero-order chi connectivity index (χ0) is 23.9. The maximum atomic E-state index is 13.7. The fourth-order valence-electron chi connectivity index (χ4n) is 4.53. The van der Waals surface area contributed by atoms with Crippen molar-refractivity contribution in [2.75, 3.05) is 0 Å². The number of thiophene rings is 1. The molecule has 1 saturated carbocycles. The van der Waals surface area contributed by atoms with Gasteiger partial charge < -0.3 is 10.2 Å². The van der Waals surface area contributed by atoms with E-state index in [4.69, 9.17) is 0 Å². The number of nitrogens with zero attached hydrogens (tertiary/aromatic N) is 1. The first-order valence-electron chi connectivity index (χ1n) is 11.9. The number of nitrogens with one attached hydrogen (secondary N) is 1. The van der Waals surface area contributed by atoms with Gasteiger partial charge in [-0.15, -0.1) is 0 Å². The van der Waals surface area contributed by atoms with Gasteiger partial charge in [0.1, 0.15) is 11.9 Å². The third-order valence-electron chi connectivity index (χ3n) is 6.43. The minimum atomic E-state index is -0.838. The van der Waals surface area contributed by atoms with Crippen LogP contribution >= 0.6 is 11.3 Å². The number of rotatable bonds is 8. The van der Waals surface area contributed by atoms with Crippen LogP contribution in [0.25, 0.3) is 0 Å². The Morgan fingerprint density at radius 1 is 1.00 bits per heavy atom. The molecule has 2 aromatic carbocycles. The van der Waals surface area contributed by atoms with Crippen LogP contribution in [0.15, 0.2) is 65.4 Å². The van der Waals surface area contributed by atoms with Crippen molar-refractivity contribution in [3.8, 4) is 0 Å². The summed E-state index contributed by atoms with van der Waals surface area (Å²) in [4.78, 5) is 29.0. The van der Waals surface area contributed by atoms with Crippen LogP contribution < -0.4 is 5.32 Å². The molecule has 0 radical (unpaired) electrons. The van der Waals surface area contributed by atoms with E-state index in [1.54, 1.807) is 28.4 Å². The summed E-state index contributed by atoms with van der Waals surface area (Å²) in [5, 5.41) is 7.10. The largest absolute Gasteiger partial charge is 0.351 e. The van der Waals surface area contributed by atoms with Gasteiger partial charge in [0.15, 0.2) is 0 Å². The van der Waals surface area contributed by atoms with Gasteiger partial charge in [-0.1, -0.05) is 61.2 Å². The second-order valence-electron chi connectivity index (χ2n) is 9.11. The molecule has 4 nitrogen and oxygen atoms in total. The highest BCUT2D eigenvalue weighted by Gasteiger charge is 2.33. The normalized spacial score (nSPS) is 15.0. The molecule has 178 valence electrons. The fourth-order valence-corrected chi connectivity index (χ4v) is 5.20. The fraction of sp³-hybridized carbons (Fsp3) is 0.357. The molecular weight excluding hydrogens is 447 g/mol. The molecule has 1 atom stereocenters. The van der Waals surface area contributed by atoms with Crippen molar-refractivity contribution in [3.63, 3.8) is 0 Å². The van der Waals surface area contributed by atoms with E-state index in [0.29, 0.717) is 12.1 Å². The smallest absolute Gasteiger partial charge is 0.247 e. The number of hydrogen-bond acceptors (Lipinski definition) is 3. The summed E-state index contributed by atoms with van der Waals surface area (Å²) >= 11 is 1.54. The van der Waals surface area contributed by atoms with E-state index in [-0.39, 0.29) is 30.1 Å². The number of carbonyl (C=O) groups is 2. The van der Waals surface area contributed by atoms with Crippen LogP contribution in [0, 0.1) is 12.7 Å². The molecular formula is C28H31FN2O2S. The van der Waals surface area contributed by atoms with Crippen molar-refractivity contribution in [1.82, 2.24) is 10.2 Å². The summed E-state index contributed by atoms with van der Waals surface area (Å²) in [5.74, 6) is -0.707. The van der Waals surface area contributed by atoms with E-state index >= 15 is 0 Å². The van der Waals surface area contributed by atoms with Crippen LogP contribution in [0.3, 0.4) is 0 Å². The monoisotopic (exact) mass is 478 g/mol. The lowest BCUT2D eigenvalue weighted by Crippen LogP contribution is -2.47. The van der Waals surface area contributed by atoms with E-state index < -0.39 is 6.04 Å². The molecule has 1 fully saturated rings. The maximum absolute atomic E-state index is 13.7. The van der Waals surface area contributed by atoms with Gasteiger partial charge in [0.2, 0.25) is 11.8 Å². The Kier molecular flexibility index (Phi) is 8.12. The van der Waals surface area contributed by atoms with Crippen LogP contribution in [-0.2, 0) is 22.6 Å². The second kappa shape index (κ2) is 11.4. The van der Waals surface area contributed by atoms with Gasteiger partial charge in [0.25, 0.3) is 0 Å². The Hall–Kier alpha value is -2.99. The maximum Gasteiger partial charge on any atom is 0.247 e. The van der Waals surface area contributed by atoms with Crippen LogP contribution in [0.1, 0.15) is 60.4 Å². The van der Waals surface area contributed by atoms with Crippen LogP contribution in [0.5, 0.6) is 0 Å². The molecule has 6 heteroatoms. The minimum Gasteiger partial charge on any atom is -0.351 e. The molecule has 34 heavy (non-hydrogen) atoms. The molecule has 1 aliphatic carbocycles. The third-order valence-corrected chi connectivity index (χ3v) is 7.16. The highest BCUT2D eigenvalue weighted by Crippen LogP contribution is 2.27. The molecule has 1 aliphatic rings. The van der Waals surface area contributed by atoms with E-state index in [2.05, 4.69) is 5.32 Å². The van der Waals surface area contributed by atoms with Gasteiger partial charge >= 0.3 is 0 Å². The van der Waals surface area contributed by atoms with E-state index in [1.165, 1.54) is 18.6 Å². The van der Waals surface area contributed by atoms with Crippen molar-refractivity contribution < 1.29 is 14.0 Å². The van der Waals surface area contributed by atoms with E-state index in [9.17, 15) is 14.0 Å². The van der Waals surface area contributed by atoms with Crippen molar-refractivity contribution in [2.45, 2.75) is 64.1 Å². The van der Waals surface area contributed by atoms with E-state index in [0.717, 1.165) is 42.4 Å². The molecule has 1 aromatic heterocycles. The van der Waals surface area contributed by atoms with Gasteiger partial charge in [0, 0.05) is 12.6 Å². The Bertz CT molecular complexity index is 1070. The van der Waals surface area contributed by atoms with Crippen LogP contribution in [0.4, 0.5) is 4.39 Å². The lowest BCUT2D eigenvalue weighted by molar-refractivity contribution is -0.141. The number of amides is 2. The topological polar surface area (TPSA) is 49.4 Å². The van der Waals surface area contributed by atoms with Crippen molar-refractivity contribution >= 4 is 23.2 Å². The predicted molar refractivity (Wildman–Crippen MR) is 134 cm³/mol. The van der Waals surface area contributed by atoms with Gasteiger partial charge in [-0.3, -0.25) is 9.59 Å². The van der Waals surface area contributed by atoms with Crippen molar-refractivity contribution in [1.29, 1.82) is 0 Å². The van der Waals surface area contributed by atoms with Crippen LogP contribution in [0.2, 0.25) is 0 Å². The molecule has 0 saturated heterocycles. The summed E-state index contributed by atoms with van der Waals surface area (Å²) in [6, 6.07) is 15.1. The quantitative estimate of drug-likeness (QED) is 0.434. The highest BCUT2D eigenvalue weighted by molar-refractivity contribution is 7.08. The SMILES string of the molecule is Cc1ccc(CN(C(=O)Cc2ccsc2)[C@H](C(=O)NC2CCCCC2)c2ccc(F)cc2)cc1. The Morgan fingerprint density at radius 2 is 1.71 bits per heavy atom. The molecule has 0 spiro atoms. The van der Waals surface area contributed by atoms with Crippen molar-refractivity contribution in [2.24, 2.45) is 0 Å². The molecule has 2 amide bonds. The molecule has 4 rings (SSSR count). The van der Waals surface area contributed by atoms with Gasteiger partial charge in [-0.05, 0) is 65.4 Å². The van der Waals surface area contributed by atoms with Gasteiger partial charge in [0.05, 0.1) is 6.42 Å². The summed E-state index contributed by atoms with van der Waals surface area (Å²) in [7, 11) is 0. The standard InChI is InChI=1S/C28H31FN2O2S/c1-20-7-9-21(10-8-20)18-31(26(32)17-22-15-16-34-19-22)27(23-11-13-24(29)14-12-23)28(33)30-25-5-3-2-4-6-25/h7-16,19,25,27H,2-6,17-18H2,1H3,(H,30,33)/t27-/m0/s1. The zero-order valence-electron chi connectivity index (χ0n) is 19.5. The number of carbonyl (C=O) groups excluding carboxylic acids is 2. The summed E-state index contributed by atoms with van der Waals surface area (Å²) in [5.41, 5.74) is 3.61. The summed E-state index contributed by atoms with van der Waals surface area (Å²) in [6.45, 7) is 2.31. The molecule has 3 aromatic rings. The summed E-state index contributed by atoms with van der Waals surface area (Å²) in [6.07, 6.45) is 5.48. The second-order valence-corrected chi connectivity index (χ2v) is 9.89. The average molecular weight is 479 g/mol. The number of halogens is 1. The van der Waals surface area contributed by atoms with Gasteiger partial charge in [-0.25, -0.2) is 4.39 Å². The van der Waals surface area contributed by atoms with Crippen molar-refractivity contribution in [3.05, 3.63) is 93.4 Å². The zero-order valence-corrected chi connectivity index (χ0v) is 20.3. The first-order valence-corrected chi connectivity index (χ1v) is 12.9. The lowest BCUT2D eigenvalue weighted by atomic mass is 9.94. The predicted octanol–water partition coefficient (Wildman–Crippen LogP) is 5.96. The molecule has 1 N–H and O–H groups in total.